The van der Waals surface area contributed by atoms with Crippen molar-refractivity contribution < 1.29 is 18.0 Å². The van der Waals surface area contributed by atoms with Crippen molar-refractivity contribution in [1.29, 1.82) is 5.26 Å². The molecule has 2 atom stereocenters. The summed E-state index contributed by atoms with van der Waals surface area (Å²) in [7, 11) is 0. The Bertz CT molecular complexity index is 1240. The molecular formula is C24H15BrF3N3OS. The standard InChI is InChI=1S/C24H15BrF3N3OS/c25-17-11-9-15(10-12-17)20(32)21-23(24(26,27)28,16-6-2-1-3-7-16)31-22(33-21)18(14-29)19-8-4-5-13-30-19/h1-13,21,31H. The minimum absolute atomic E-state index is 0.0483. The highest BCUT2D eigenvalue weighted by atomic mass is 79.9. The van der Waals surface area contributed by atoms with Crippen LogP contribution in [0.1, 0.15) is 21.6 Å². The summed E-state index contributed by atoms with van der Waals surface area (Å²) in [5.41, 5.74) is -2.56. The van der Waals surface area contributed by atoms with Gasteiger partial charge in [-0.25, -0.2) is 0 Å². The second kappa shape index (κ2) is 9.04. The van der Waals surface area contributed by atoms with Gasteiger partial charge in [0.05, 0.1) is 10.7 Å². The molecule has 2 unspecified atom stereocenters. The van der Waals surface area contributed by atoms with Crippen molar-refractivity contribution in [2.24, 2.45) is 0 Å². The van der Waals surface area contributed by atoms with E-state index in [4.69, 9.17) is 0 Å². The van der Waals surface area contributed by atoms with Crippen molar-refractivity contribution in [3.05, 3.63) is 105 Å². The third-order valence-electron chi connectivity index (χ3n) is 5.24. The monoisotopic (exact) mass is 529 g/mol. The van der Waals surface area contributed by atoms with Gasteiger partial charge in [-0.05, 0) is 29.8 Å². The molecule has 9 heteroatoms. The van der Waals surface area contributed by atoms with Crippen LogP contribution in [0, 0.1) is 11.3 Å². The molecule has 1 aliphatic heterocycles. The number of pyridine rings is 1. The number of nitrogens with zero attached hydrogens (tertiary/aromatic N) is 2. The molecule has 33 heavy (non-hydrogen) atoms. The number of carbonyl (C=O) groups excluding carboxylic acids is 1. The molecule has 1 N–H and O–H groups in total. The van der Waals surface area contributed by atoms with Gasteiger partial charge in [-0.2, -0.15) is 18.4 Å². The fourth-order valence-corrected chi connectivity index (χ4v) is 5.40. The highest BCUT2D eigenvalue weighted by Gasteiger charge is 2.67. The van der Waals surface area contributed by atoms with Gasteiger partial charge in [-0.3, -0.25) is 9.78 Å². The molecule has 1 fully saturated rings. The normalized spacial score (nSPS) is 21.7. The Labute approximate surface area is 200 Å². The highest BCUT2D eigenvalue weighted by Crippen LogP contribution is 2.54. The molecule has 1 aliphatic rings. The number of nitrogens with one attached hydrogen (secondary N) is 1. The van der Waals surface area contributed by atoms with Gasteiger partial charge in [0.25, 0.3) is 0 Å². The zero-order valence-electron chi connectivity index (χ0n) is 16.8. The molecule has 4 rings (SSSR count). The molecule has 166 valence electrons. The van der Waals surface area contributed by atoms with Crippen molar-refractivity contribution in [1.82, 2.24) is 10.3 Å². The maximum Gasteiger partial charge on any atom is 0.417 e. The minimum Gasteiger partial charge on any atom is -0.360 e. The van der Waals surface area contributed by atoms with Gasteiger partial charge in [0.2, 0.25) is 0 Å². The number of ketones is 1. The predicted molar refractivity (Wildman–Crippen MR) is 124 cm³/mol. The van der Waals surface area contributed by atoms with Gasteiger partial charge in [0.15, 0.2) is 11.3 Å². The van der Waals surface area contributed by atoms with Gasteiger partial charge in [-0.15, -0.1) is 0 Å². The first kappa shape index (κ1) is 23.1. The lowest BCUT2D eigenvalue weighted by Gasteiger charge is -2.36. The Morgan fingerprint density at radius 3 is 2.30 bits per heavy atom. The molecule has 0 aliphatic carbocycles. The van der Waals surface area contributed by atoms with E-state index < -0.39 is 22.7 Å². The van der Waals surface area contributed by atoms with Crippen LogP contribution in [-0.2, 0) is 5.54 Å². The second-order valence-corrected chi connectivity index (χ2v) is 9.23. The van der Waals surface area contributed by atoms with Crippen LogP contribution in [0.5, 0.6) is 0 Å². The number of halogens is 4. The Morgan fingerprint density at radius 2 is 1.73 bits per heavy atom. The van der Waals surface area contributed by atoms with Gasteiger partial charge in [0, 0.05) is 16.2 Å². The third-order valence-corrected chi connectivity index (χ3v) is 7.12. The average Bonchev–Trinajstić information content (AvgIpc) is 3.23. The number of hydrogen-bond acceptors (Lipinski definition) is 5. The van der Waals surface area contributed by atoms with Gasteiger partial charge in [0.1, 0.15) is 16.9 Å². The number of rotatable bonds is 4. The molecular weight excluding hydrogens is 515 g/mol. The number of aromatic nitrogens is 1. The summed E-state index contributed by atoms with van der Waals surface area (Å²) < 4.78 is 45.3. The SMILES string of the molecule is N#CC(=C1NC(c2ccccc2)(C(F)(F)F)C(C(=O)c2ccc(Br)cc2)S1)c1ccccn1. The number of allylic oxidation sites excluding steroid dienone is 1. The fraction of sp³-hybridized carbons (Fsp3) is 0.125. The summed E-state index contributed by atoms with van der Waals surface area (Å²) in [6.07, 6.45) is -3.41. The van der Waals surface area contributed by atoms with Crippen LogP contribution in [0.4, 0.5) is 13.2 Å². The van der Waals surface area contributed by atoms with Crippen LogP contribution in [-0.4, -0.2) is 22.2 Å². The van der Waals surface area contributed by atoms with E-state index in [2.05, 4.69) is 26.2 Å². The summed E-state index contributed by atoms with van der Waals surface area (Å²) in [6.45, 7) is 0. The van der Waals surface area contributed by atoms with E-state index in [0.29, 0.717) is 16.2 Å². The van der Waals surface area contributed by atoms with Crippen LogP contribution in [0.15, 0.2) is 88.5 Å². The zero-order valence-corrected chi connectivity index (χ0v) is 19.2. The van der Waals surface area contributed by atoms with Crippen molar-refractivity contribution in [3.63, 3.8) is 0 Å². The zero-order chi connectivity index (χ0) is 23.6. The van der Waals surface area contributed by atoms with Crippen LogP contribution in [0.3, 0.4) is 0 Å². The van der Waals surface area contributed by atoms with E-state index in [0.717, 1.165) is 0 Å². The van der Waals surface area contributed by atoms with Crippen LogP contribution in [0.25, 0.3) is 5.57 Å². The smallest absolute Gasteiger partial charge is 0.360 e. The average molecular weight is 530 g/mol. The Kier molecular flexibility index (Phi) is 6.32. The van der Waals surface area contributed by atoms with E-state index in [9.17, 15) is 23.2 Å². The van der Waals surface area contributed by atoms with Crippen molar-refractivity contribution in [2.75, 3.05) is 0 Å². The summed E-state index contributed by atoms with van der Waals surface area (Å²) in [5, 5.41) is 10.7. The number of carbonyl (C=O) groups is 1. The quantitative estimate of drug-likeness (QED) is 0.327. The Hall–Kier alpha value is -3.09. The first-order valence-electron chi connectivity index (χ1n) is 9.70. The van der Waals surface area contributed by atoms with E-state index in [1.807, 2.05) is 6.07 Å². The Balaban J connectivity index is 1.95. The summed E-state index contributed by atoms with van der Waals surface area (Å²) >= 11 is 3.97. The number of nitriles is 1. The van der Waals surface area contributed by atoms with E-state index in [-0.39, 0.29) is 27.4 Å². The molecule has 4 nitrogen and oxygen atoms in total. The molecule has 0 saturated carbocycles. The maximum atomic E-state index is 14.9. The highest BCUT2D eigenvalue weighted by molar-refractivity contribution is 9.10. The largest absolute Gasteiger partial charge is 0.417 e. The van der Waals surface area contributed by atoms with E-state index in [1.165, 1.54) is 48.7 Å². The molecule has 0 radical (unpaired) electrons. The summed E-state index contributed by atoms with van der Waals surface area (Å²) in [6, 6.07) is 20.2. The summed E-state index contributed by atoms with van der Waals surface area (Å²) in [4.78, 5) is 17.6. The molecule has 1 saturated heterocycles. The van der Waals surface area contributed by atoms with Crippen molar-refractivity contribution in [2.45, 2.75) is 17.0 Å². The van der Waals surface area contributed by atoms with E-state index in [1.54, 1.807) is 30.3 Å². The van der Waals surface area contributed by atoms with Crippen molar-refractivity contribution in [3.8, 4) is 6.07 Å². The molecule has 0 amide bonds. The number of alkyl halides is 3. The number of hydrogen-bond donors (Lipinski definition) is 1. The first-order valence-corrected chi connectivity index (χ1v) is 11.4. The lowest BCUT2D eigenvalue weighted by Crippen LogP contribution is -2.58. The minimum atomic E-state index is -4.86. The maximum absolute atomic E-state index is 14.9. The molecule has 1 aromatic heterocycles. The van der Waals surface area contributed by atoms with Crippen LogP contribution >= 0.6 is 27.7 Å². The lowest BCUT2D eigenvalue weighted by atomic mass is 9.82. The molecule has 3 aromatic rings. The molecule has 0 spiro atoms. The fourth-order valence-electron chi connectivity index (χ4n) is 3.66. The molecule has 2 aromatic carbocycles. The Morgan fingerprint density at radius 1 is 1.06 bits per heavy atom. The van der Waals surface area contributed by atoms with Crippen LogP contribution in [0.2, 0.25) is 0 Å². The lowest BCUT2D eigenvalue weighted by molar-refractivity contribution is -0.193. The number of thioether (sulfide) groups is 1. The predicted octanol–water partition coefficient (Wildman–Crippen LogP) is 6.08. The van der Waals surface area contributed by atoms with E-state index >= 15 is 0 Å². The van der Waals surface area contributed by atoms with Crippen molar-refractivity contribution >= 4 is 39.0 Å². The van der Waals surface area contributed by atoms with Crippen LogP contribution < -0.4 is 5.32 Å². The number of benzene rings is 2. The van der Waals surface area contributed by atoms with Gasteiger partial charge < -0.3 is 5.32 Å². The molecule has 2 heterocycles. The molecule has 0 bridgehead atoms. The first-order chi connectivity index (χ1) is 15.8. The third kappa shape index (κ3) is 4.16. The topological polar surface area (TPSA) is 65.8 Å². The van der Waals surface area contributed by atoms with Gasteiger partial charge >= 0.3 is 6.18 Å². The van der Waals surface area contributed by atoms with Gasteiger partial charge in [-0.1, -0.05) is 76.2 Å². The number of Topliss-reactive ketones (excluding diaryl/α,β-unsaturated/α-hetero) is 1. The second-order valence-electron chi connectivity index (χ2n) is 7.20. The summed E-state index contributed by atoms with van der Waals surface area (Å²) in [5.74, 6) is -0.700.